The average molecular weight is 569 g/mol. The number of morpholine rings is 1. The van der Waals surface area contributed by atoms with Crippen molar-refractivity contribution in [3.8, 4) is 5.82 Å². The van der Waals surface area contributed by atoms with Crippen LogP contribution in [0.25, 0.3) is 16.9 Å². The second-order valence-corrected chi connectivity index (χ2v) is 11.3. The van der Waals surface area contributed by atoms with Gasteiger partial charge in [0.1, 0.15) is 11.6 Å². The number of nitrogens with zero attached hydrogens (tertiary/aromatic N) is 6. The van der Waals surface area contributed by atoms with Gasteiger partial charge >= 0.3 is 0 Å². The molecule has 2 aliphatic heterocycles. The molecule has 3 fully saturated rings. The Labute approximate surface area is 238 Å². The second kappa shape index (κ2) is 12.2. The van der Waals surface area contributed by atoms with Crippen LogP contribution in [-0.4, -0.2) is 88.9 Å². The number of ether oxygens (including phenoxy) is 1. The number of imidazole rings is 1. The van der Waals surface area contributed by atoms with Gasteiger partial charge in [-0.2, -0.15) is 9.97 Å². The molecule has 10 nitrogen and oxygen atoms in total. The van der Waals surface area contributed by atoms with Crippen LogP contribution in [0.15, 0.2) is 30.3 Å². The average Bonchev–Trinajstić information content (AvgIpc) is 3.61. The van der Waals surface area contributed by atoms with Crippen LogP contribution in [0, 0.1) is 5.92 Å². The molecular weight excluding hydrogens is 530 g/mol. The van der Waals surface area contributed by atoms with Crippen molar-refractivity contribution in [2.75, 3.05) is 56.7 Å². The number of hydrogen-bond donors (Lipinski definition) is 2. The van der Waals surface area contributed by atoms with E-state index in [1.165, 1.54) is 4.57 Å². The first-order valence-corrected chi connectivity index (χ1v) is 14.7. The Morgan fingerprint density at radius 2 is 1.78 bits per heavy atom. The topological polar surface area (TPSA) is 100 Å². The van der Waals surface area contributed by atoms with Crippen LogP contribution in [-0.2, 0) is 9.53 Å². The Bertz CT molecular complexity index is 1350. The molecule has 2 aromatic heterocycles. The number of carbonyl (C=O) groups is 1. The number of carbonyl (C=O) groups excluding carboxylic acids is 1. The number of hydrogen-bond acceptors (Lipinski definition) is 8. The normalized spacial score (nSPS) is 23.8. The Morgan fingerprint density at radius 1 is 1.02 bits per heavy atom. The molecular formula is C29H38F2N8O2. The van der Waals surface area contributed by atoms with E-state index in [1.54, 1.807) is 24.3 Å². The number of aromatic nitrogens is 4. The lowest BCUT2D eigenvalue weighted by molar-refractivity contribution is -0.125. The molecule has 3 aromatic rings. The van der Waals surface area contributed by atoms with Gasteiger partial charge in [-0.05, 0) is 70.2 Å². The van der Waals surface area contributed by atoms with Gasteiger partial charge in [-0.3, -0.25) is 14.3 Å². The molecule has 1 amide bonds. The SMILES string of the molecule is CN1CCC[C@H]1C(=O)NC[C@H]1CC[C@H](Nc2nc(N3CCOCC3)cc(-n3c(C(F)F)nc4ccccc43)n2)CC1. The molecule has 2 saturated heterocycles. The lowest BCUT2D eigenvalue weighted by Gasteiger charge is -2.31. The second-order valence-electron chi connectivity index (χ2n) is 11.3. The van der Waals surface area contributed by atoms with Crippen molar-refractivity contribution >= 4 is 28.7 Å². The van der Waals surface area contributed by atoms with Gasteiger partial charge in [0.25, 0.3) is 6.43 Å². The fraction of sp³-hybridized carbons (Fsp3) is 0.586. The van der Waals surface area contributed by atoms with Crippen molar-refractivity contribution in [3.63, 3.8) is 0 Å². The highest BCUT2D eigenvalue weighted by atomic mass is 19.3. The molecule has 0 radical (unpaired) electrons. The Morgan fingerprint density at radius 3 is 2.51 bits per heavy atom. The van der Waals surface area contributed by atoms with Crippen molar-refractivity contribution in [2.45, 2.75) is 57.0 Å². The molecule has 0 unspecified atom stereocenters. The number of alkyl halides is 2. The predicted molar refractivity (Wildman–Crippen MR) is 153 cm³/mol. The minimum Gasteiger partial charge on any atom is -0.378 e. The largest absolute Gasteiger partial charge is 0.378 e. The fourth-order valence-electron chi connectivity index (χ4n) is 6.29. The highest BCUT2D eigenvalue weighted by molar-refractivity contribution is 5.82. The number of fused-ring (bicyclic) bond motifs is 1. The molecule has 1 aliphatic carbocycles. The summed E-state index contributed by atoms with van der Waals surface area (Å²) in [6.07, 6.45) is 3.04. The van der Waals surface area contributed by atoms with Crippen LogP contribution in [0.2, 0.25) is 0 Å². The van der Waals surface area contributed by atoms with E-state index in [4.69, 9.17) is 14.7 Å². The van der Waals surface area contributed by atoms with Crippen molar-refractivity contribution in [1.29, 1.82) is 0 Å². The lowest BCUT2D eigenvalue weighted by Crippen LogP contribution is -2.43. The Hall–Kier alpha value is -3.38. The van der Waals surface area contributed by atoms with E-state index in [9.17, 15) is 13.6 Å². The van der Waals surface area contributed by atoms with Crippen molar-refractivity contribution < 1.29 is 18.3 Å². The van der Waals surface area contributed by atoms with E-state index < -0.39 is 6.43 Å². The Kier molecular flexibility index (Phi) is 8.29. The standard InChI is InChI=1S/C29H38F2N8O2/c1-37-12-4-7-23(37)28(40)32-18-19-8-10-20(11-9-19)33-29-35-24(38-13-15-41-16-14-38)17-25(36-29)39-22-6-3-2-5-21(22)34-27(39)26(30)31/h2-3,5-6,17,19-20,23,26H,4,7-16,18H2,1H3,(H,32,40)(H,33,35,36)/t19-,20-,23-/m0/s1. The molecule has 220 valence electrons. The molecule has 6 rings (SSSR count). The first kappa shape index (κ1) is 27.8. The van der Waals surface area contributed by atoms with Crippen LogP contribution in [0.4, 0.5) is 20.5 Å². The summed E-state index contributed by atoms with van der Waals surface area (Å²) in [5, 5.41) is 6.67. The summed E-state index contributed by atoms with van der Waals surface area (Å²) in [7, 11) is 2.01. The molecule has 1 saturated carbocycles. The van der Waals surface area contributed by atoms with Gasteiger partial charge in [-0.15, -0.1) is 0 Å². The summed E-state index contributed by atoms with van der Waals surface area (Å²) >= 11 is 0. The third kappa shape index (κ3) is 6.13. The van der Waals surface area contributed by atoms with E-state index in [2.05, 4.69) is 25.4 Å². The van der Waals surface area contributed by atoms with Crippen molar-refractivity contribution in [2.24, 2.45) is 5.92 Å². The number of halogens is 2. The van der Waals surface area contributed by atoms with Crippen LogP contribution < -0.4 is 15.5 Å². The smallest absolute Gasteiger partial charge is 0.296 e. The zero-order valence-corrected chi connectivity index (χ0v) is 23.4. The van der Waals surface area contributed by atoms with Gasteiger partial charge in [0.2, 0.25) is 11.9 Å². The predicted octanol–water partition coefficient (Wildman–Crippen LogP) is 3.77. The maximum atomic E-state index is 14.1. The minimum atomic E-state index is -2.76. The Balaban J connectivity index is 1.18. The molecule has 41 heavy (non-hydrogen) atoms. The molecule has 1 aromatic carbocycles. The first-order valence-electron chi connectivity index (χ1n) is 14.7. The number of likely N-dealkylation sites (tertiary alicyclic amines) is 1. The summed E-state index contributed by atoms with van der Waals surface area (Å²) in [6, 6.07) is 9.03. The fourth-order valence-corrected chi connectivity index (χ4v) is 6.29. The quantitative estimate of drug-likeness (QED) is 0.424. The number of nitrogens with one attached hydrogen (secondary N) is 2. The molecule has 2 N–H and O–H groups in total. The van der Waals surface area contributed by atoms with E-state index in [0.717, 1.165) is 45.1 Å². The maximum Gasteiger partial charge on any atom is 0.296 e. The van der Waals surface area contributed by atoms with Gasteiger partial charge in [0, 0.05) is 31.7 Å². The number of rotatable bonds is 8. The molecule has 4 heterocycles. The van der Waals surface area contributed by atoms with Gasteiger partial charge in [-0.1, -0.05) is 12.1 Å². The summed E-state index contributed by atoms with van der Waals surface area (Å²) in [5.41, 5.74) is 1.07. The molecule has 0 bridgehead atoms. The van der Waals surface area contributed by atoms with E-state index in [-0.39, 0.29) is 23.8 Å². The molecule has 12 heteroatoms. The molecule has 1 atom stereocenters. The summed E-state index contributed by atoms with van der Waals surface area (Å²) < 4.78 is 35.2. The van der Waals surface area contributed by atoms with Crippen molar-refractivity contribution in [1.82, 2.24) is 29.7 Å². The van der Waals surface area contributed by atoms with E-state index in [1.807, 2.05) is 13.1 Å². The highest BCUT2D eigenvalue weighted by Gasteiger charge is 2.29. The third-order valence-corrected chi connectivity index (χ3v) is 8.61. The highest BCUT2D eigenvalue weighted by Crippen LogP contribution is 2.31. The molecule has 3 aliphatic rings. The number of anilines is 2. The minimum absolute atomic E-state index is 0.00343. The van der Waals surface area contributed by atoms with Gasteiger partial charge in [0.05, 0.1) is 30.3 Å². The zero-order valence-electron chi connectivity index (χ0n) is 23.4. The first-order chi connectivity index (χ1) is 20.0. The summed E-state index contributed by atoms with van der Waals surface area (Å²) in [4.78, 5) is 30.6. The van der Waals surface area contributed by atoms with E-state index >= 15 is 0 Å². The number of para-hydroxylation sites is 2. The zero-order chi connectivity index (χ0) is 28.3. The summed E-state index contributed by atoms with van der Waals surface area (Å²) in [6.45, 7) is 4.16. The van der Waals surface area contributed by atoms with Crippen LogP contribution >= 0.6 is 0 Å². The van der Waals surface area contributed by atoms with Gasteiger partial charge < -0.3 is 20.3 Å². The van der Waals surface area contributed by atoms with E-state index in [0.29, 0.717) is 67.4 Å². The maximum absolute atomic E-state index is 14.1. The monoisotopic (exact) mass is 568 g/mol. The lowest BCUT2D eigenvalue weighted by atomic mass is 9.86. The third-order valence-electron chi connectivity index (χ3n) is 8.61. The summed E-state index contributed by atoms with van der Waals surface area (Å²) in [5.74, 6) is 1.69. The van der Waals surface area contributed by atoms with Gasteiger partial charge in [-0.25, -0.2) is 13.8 Å². The van der Waals surface area contributed by atoms with Crippen LogP contribution in [0.5, 0.6) is 0 Å². The number of benzene rings is 1. The van der Waals surface area contributed by atoms with Crippen molar-refractivity contribution in [3.05, 3.63) is 36.2 Å². The van der Waals surface area contributed by atoms with Crippen LogP contribution in [0.3, 0.4) is 0 Å². The van der Waals surface area contributed by atoms with Gasteiger partial charge in [0.15, 0.2) is 5.82 Å². The number of amides is 1. The number of likely N-dealkylation sites (N-methyl/N-ethyl adjacent to an activating group) is 1. The molecule has 0 spiro atoms. The van der Waals surface area contributed by atoms with Crippen LogP contribution in [0.1, 0.15) is 50.8 Å².